The van der Waals surface area contributed by atoms with Crippen LogP contribution < -0.4 is 11.5 Å². The van der Waals surface area contributed by atoms with Crippen LogP contribution in [0.5, 0.6) is 0 Å². The average Bonchev–Trinajstić information content (AvgIpc) is 2.60. The Morgan fingerprint density at radius 2 is 1.88 bits per heavy atom. The molecule has 1 aromatic heterocycles. The number of para-hydroxylation sites is 1. The number of aliphatic imine (C=N–C) groups is 1. The molecule has 3 aromatic rings. The second kappa shape index (κ2) is 6.18. The van der Waals surface area contributed by atoms with Gasteiger partial charge in [-0.25, -0.2) is 4.85 Å². The minimum atomic E-state index is -0.523. The van der Waals surface area contributed by atoms with Gasteiger partial charge in [0.05, 0.1) is 12.1 Å². The first-order chi connectivity index (χ1) is 11.6. The first kappa shape index (κ1) is 15.2. The van der Waals surface area contributed by atoms with E-state index in [0.717, 1.165) is 16.5 Å². The molecular weight excluding hydrogens is 302 g/mol. The van der Waals surface area contributed by atoms with Crippen molar-refractivity contribution in [3.63, 3.8) is 0 Å². The van der Waals surface area contributed by atoms with Gasteiger partial charge >= 0.3 is 0 Å². The molecule has 0 spiro atoms. The standard InChI is InChI=1S/C18H13N5O/c1-21-15-5-3-2-4-13(15)12-8-9-22-16-7-6-11(10-14(12)16)17(24)23-18(19)20/h2-10H,(H4,19,20,23,24). The average molecular weight is 315 g/mol. The quantitative estimate of drug-likeness (QED) is 0.431. The maximum Gasteiger partial charge on any atom is 0.280 e. The molecule has 116 valence electrons. The summed E-state index contributed by atoms with van der Waals surface area (Å²) in [4.78, 5) is 23.5. The Kier molecular flexibility index (Phi) is 3.91. The topological polar surface area (TPSA) is 98.7 Å². The predicted octanol–water partition coefficient (Wildman–Crippen LogP) is 2.87. The zero-order valence-corrected chi connectivity index (χ0v) is 12.6. The largest absolute Gasteiger partial charge is 0.370 e. The van der Waals surface area contributed by atoms with Gasteiger partial charge in [0, 0.05) is 17.1 Å². The highest BCUT2D eigenvalue weighted by Crippen LogP contribution is 2.34. The molecule has 0 aliphatic heterocycles. The Balaban J connectivity index is 2.25. The van der Waals surface area contributed by atoms with Gasteiger partial charge in [0.1, 0.15) is 0 Å². The number of benzene rings is 2. The number of hydrogen-bond donors (Lipinski definition) is 2. The van der Waals surface area contributed by atoms with E-state index >= 15 is 0 Å². The summed E-state index contributed by atoms with van der Waals surface area (Å²) >= 11 is 0. The Morgan fingerprint density at radius 3 is 2.62 bits per heavy atom. The number of carbonyl (C=O) groups excluding carboxylic acids is 1. The van der Waals surface area contributed by atoms with E-state index in [1.54, 1.807) is 30.5 Å². The molecule has 4 N–H and O–H groups in total. The molecule has 0 aliphatic rings. The number of aromatic nitrogens is 1. The molecule has 2 aromatic carbocycles. The summed E-state index contributed by atoms with van der Waals surface area (Å²) in [5.41, 5.74) is 13.7. The third-order valence-corrected chi connectivity index (χ3v) is 3.53. The molecule has 0 unspecified atom stereocenters. The fraction of sp³-hybridized carbons (Fsp3) is 0. The maximum absolute atomic E-state index is 12.1. The normalized spacial score (nSPS) is 10.1. The Hall–Kier alpha value is -3.72. The van der Waals surface area contributed by atoms with E-state index in [0.29, 0.717) is 16.8 Å². The Morgan fingerprint density at radius 1 is 1.08 bits per heavy atom. The van der Waals surface area contributed by atoms with Crippen LogP contribution in [0.15, 0.2) is 59.7 Å². The number of pyridine rings is 1. The molecule has 3 rings (SSSR count). The first-order valence-electron chi connectivity index (χ1n) is 7.10. The van der Waals surface area contributed by atoms with Gasteiger partial charge < -0.3 is 11.5 Å². The monoisotopic (exact) mass is 315 g/mol. The number of carbonyl (C=O) groups is 1. The SMILES string of the molecule is [C-]#[N+]c1ccccc1-c1ccnc2ccc(C(=O)N=C(N)N)cc12. The van der Waals surface area contributed by atoms with E-state index in [1.807, 2.05) is 24.3 Å². The minimum absolute atomic E-state index is 0.287. The van der Waals surface area contributed by atoms with E-state index < -0.39 is 5.91 Å². The smallest absolute Gasteiger partial charge is 0.280 e. The highest BCUT2D eigenvalue weighted by atomic mass is 16.1. The van der Waals surface area contributed by atoms with Gasteiger partial charge in [0.25, 0.3) is 5.91 Å². The van der Waals surface area contributed by atoms with E-state index in [9.17, 15) is 4.79 Å². The third-order valence-electron chi connectivity index (χ3n) is 3.53. The van der Waals surface area contributed by atoms with Crippen LogP contribution in [0, 0.1) is 6.57 Å². The van der Waals surface area contributed by atoms with Crippen LogP contribution in [0.1, 0.15) is 10.4 Å². The minimum Gasteiger partial charge on any atom is -0.370 e. The highest BCUT2D eigenvalue weighted by Gasteiger charge is 2.12. The van der Waals surface area contributed by atoms with Crippen LogP contribution in [0.2, 0.25) is 0 Å². The number of nitrogens with two attached hydrogens (primary N) is 2. The lowest BCUT2D eigenvalue weighted by Gasteiger charge is -2.09. The van der Waals surface area contributed by atoms with Crippen molar-refractivity contribution < 1.29 is 4.79 Å². The number of rotatable bonds is 2. The second-order valence-corrected chi connectivity index (χ2v) is 5.06. The van der Waals surface area contributed by atoms with Gasteiger partial charge in [-0.3, -0.25) is 9.78 Å². The van der Waals surface area contributed by atoms with Crippen molar-refractivity contribution in [2.24, 2.45) is 16.5 Å². The summed E-state index contributed by atoms with van der Waals surface area (Å²) in [6.45, 7) is 7.34. The van der Waals surface area contributed by atoms with Gasteiger partial charge in [-0.1, -0.05) is 24.3 Å². The van der Waals surface area contributed by atoms with Crippen LogP contribution in [-0.4, -0.2) is 16.9 Å². The van der Waals surface area contributed by atoms with Crippen molar-refractivity contribution in [3.8, 4) is 11.1 Å². The molecule has 0 saturated carbocycles. The number of fused-ring (bicyclic) bond motifs is 1. The summed E-state index contributed by atoms with van der Waals surface area (Å²) in [7, 11) is 0. The van der Waals surface area contributed by atoms with Gasteiger partial charge in [-0.05, 0) is 35.4 Å². The first-order valence-corrected chi connectivity index (χ1v) is 7.10. The summed E-state index contributed by atoms with van der Waals surface area (Å²) in [6, 6.07) is 14.2. The molecule has 0 atom stereocenters. The van der Waals surface area contributed by atoms with Crippen molar-refractivity contribution in [2.75, 3.05) is 0 Å². The molecule has 6 nitrogen and oxygen atoms in total. The number of hydrogen-bond acceptors (Lipinski definition) is 2. The fourth-order valence-corrected chi connectivity index (χ4v) is 2.49. The van der Waals surface area contributed by atoms with Gasteiger partial charge in [-0.2, -0.15) is 4.99 Å². The summed E-state index contributed by atoms with van der Waals surface area (Å²) in [5, 5.41) is 0.755. The van der Waals surface area contributed by atoms with Gasteiger partial charge in [-0.15, -0.1) is 0 Å². The van der Waals surface area contributed by atoms with Crippen LogP contribution in [0.3, 0.4) is 0 Å². The van der Waals surface area contributed by atoms with Crippen molar-refractivity contribution >= 4 is 28.5 Å². The number of amides is 1. The molecule has 0 fully saturated rings. The Labute approximate surface area is 138 Å². The van der Waals surface area contributed by atoms with E-state index in [1.165, 1.54) is 0 Å². The molecule has 0 bridgehead atoms. The fourth-order valence-electron chi connectivity index (χ4n) is 2.49. The van der Waals surface area contributed by atoms with E-state index in [4.69, 9.17) is 18.0 Å². The second-order valence-electron chi connectivity index (χ2n) is 5.06. The number of guanidine groups is 1. The van der Waals surface area contributed by atoms with Crippen molar-refractivity contribution in [3.05, 3.63) is 71.7 Å². The van der Waals surface area contributed by atoms with Crippen LogP contribution in [0.25, 0.3) is 26.9 Å². The molecule has 0 aliphatic carbocycles. The lowest BCUT2D eigenvalue weighted by molar-refractivity contribution is 0.100. The van der Waals surface area contributed by atoms with Crippen molar-refractivity contribution in [2.45, 2.75) is 0 Å². The zero-order valence-electron chi connectivity index (χ0n) is 12.6. The van der Waals surface area contributed by atoms with Crippen LogP contribution >= 0.6 is 0 Å². The van der Waals surface area contributed by atoms with E-state index in [-0.39, 0.29) is 5.96 Å². The van der Waals surface area contributed by atoms with Crippen molar-refractivity contribution in [1.29, 1.82) is 0 Å². The van der Waals surface area contributed by atoms with E-state index in [2.05, 4.69) is 14.8 Å². The zero-order chi connectivity index (χ0) is 17.1. The molecule has 24 heavy (non-hydrogen) atoms. The Bertz CT molecular complexity index is 1010. The molecule has 1 amide bonds. The lowest BCUT2D eigenvalue weighted by Crippen LogP contribution is -2.24. The van der Waals surface area contributed by atoms with Gasteiger partial charge in [0.15, 0.2) is 11.6 Å². The predicted molar refractivity (Wildman–Crippen MR) is 93.6 cm³/mol. The summed E-state index contributed by atoms with van der Waals surface area (Å²) in [6.07, 6.45) is 1.68. The molecule has 1 heterocycles. The van der Waals surface area contributed by atoms with Crippen LogP contribution in [-0.2, 0) is 0 Å². The van der Waals surface area contributed by atoms with Gasteiger partial charge in [0.2, 0.25) is 0 Å². The third kappa shape index (κ3) is 2.78. The van der Waals surface area contributed by atoms with Crippen LogP contribution in [0.4, 0.5) is 5.69 Å². The molecule has 0 radical (unpaired) electrons. The summed E-state index contributed by atoms with van der Waals surface area (Å²) < 4.78 is 0. The maximum atomic E-state index is 12.1. The summed E-state index contributed by atoms with van der Waals surface area (Å²) in [5.74, 6) is -0.810. The highest BCUT2D eigenvalue weighted by molar-refractivity contribution is 6.06. The number of nitrogens with zero attached hydrogens (tertiary/aromatic N) is 3. The lowest BCUT2D eigenvalue weighted by atomic mass is 9.98. The van der Waals surface area contributed by atoms with Crippen molar-refractivity contribution in [1.82, 2.24) is 4.98 Å². The molecule has 0 saturated heterocycles. The molecule has 6 heteroatoms. The molecular formula is C18H13N5O.